The van der Waals surface area contributed by atoms with Crippen LogP contribution in [0.15, 0.2) is 12.3 Å². The predicted molar refractivity (Wildman–Crippen MR) is 56.4 cm³/mol. The van der Waals surface area contributed by atoms with Gasteiger partial charge in [-0.25, -0.2) is 0 Å². The van der Waals surface area contributed by atoms with Crippen molar-refractivity contribution in [2.75, 3.05) is 13.6 Å². The molecule has 14 heavy (non-hydrogen) atoms. The molecule has 1 aromatic rings. The van der Waals surface area contributed by atoms with E-state index in [9.17, 15) is 0 Å². The van der Waals surface area contributed by atoms with Gasteiger partial charge in [0.25, 0.3) is 0 Å². The van der Waals surface area contributed by atoms with Crippen LogP contribution in [0.4, 0.5) is 0 Å². The van der Waals surface area contributed by atoms with E-state index in [0.29, 0.717) is 11.1 Å². The summed E-state index contributed by atoms with van der Waals surface area (Å²) in [4.78, 5) is 2.38. The van der Waals surface area contributed by atoms with Crippen LogP contribution in [0.5, 0.6) is 0 Å². The maximum absolute atomic E-state index is 5.85. The zero-order chi connectivity index (χ0) is 9.97. The fraction of sp³-hybridized carbons (Fsp3) is 0.600. The minimum absolute atomic E-state index is 0.614. The minimum Gasteiger partial charge on any atom is -0.303 e. The van der Waals surface area contributed by atoms with Crippen molar-refractivity contribution in [1.82, 2.24) is 15.1 Å². The molecule has 1 aliphatic rings. The summed E-state index contributed by atoms with van der Waals surface area (Å²) in [5, 5.41) is 8.60. The highest BCUT2D eigenvalue weighted by molar-refractivity contribution is 6.30. The van der Waals surface area contributed by atoms with Crippen molar-refractivity contribution in [2.45, 2.75) is 25.3 Å². The summed E-state index contributed by atoms with van der Waals surface area (Å²) in [6.45, 7) is 1.19. The zero-order valence-corrected chi connectivity index (χ0v) is 9.04. The van der Waals surface area contributed by atoms with Gasteiger partial charge in [0.2, 0.25) is 0 Å². The maximum atomic E-state index is 5.85. The topological polar surface area (TPSA) is 29.0 Å². The van der Waals surface area contributed by atoms with Gasteiger partial charge in [0, 0.05) is 12.5 Å². The largest absolute Gasteiger partial charge is 0.303 e. The van der Waals surface area contributed by atoms with E-state index < -0.39 is 0 Å². The molecule has 0 radical (unpaired) electrons. The molecule has 4 heteroatoms. The molecular formula is C10H14ClN3. The van der Waals surface area contributed by atoms with Crippen LogP contribution in [0.3, 0.4) is 0 Å². The van der Waals surface area contributed by atoms with E-state index in [1.165, 1.54) is 19.4 Å². The summed E-state index contributed by atoms with van der Waals surface area (Å²) in [6, 6.07) is 2.52. The molecule has 0 aromatic carbocycles. The Bertz CT molecular complexity index is 316. The Morgan fingerprint density at radius 1 is 1.64 bits per heavy atom. The zero-order valence-electron chi connectivity index (χ0n) is 8.28. The van der Waals surface area contributed by atoms with Gasteiger partial charge in [0.05, 0.1) is 16.9 Å². The quantitative estimate of drug-likeness (QED) is 0.747. The van der Waals surface area contributed by atoms with Gasteiger partial charge in [-0.1, -0.05) is 11.6 Å². The Balaban J connectivity index is 2.03. The summed E-state index contributed by atoms with van der Waals surface area (Å²) in [5.74, 6) is 0. The number of likely N-dealkylation sites (tertiary alicyclic amines) is 1. The molecule has 3 nitrogen and oxygen atoms in total. The van der Waals surface area contributed by atoms with E-state index in [4.69, 9.17) is 11.6 Å². The molecule has 0 bridgehead atoms. The van der Waals surface area contributed by atoms with E-state index in [1.54, 1.807) is 6.20 Å². The predicted octanol–water partition coefficient (Wildman–Crippen LogP) is 1.77. The van der Waals surface area contributed by atoms with Crippen molar-refractivity contribution < 1.29 is 0 Å². The standard InChI is InChI=1S/C10H14ClN3/c1-14-4-2-3-10(14)6-9-5-8(11)7-12-13-9/h5,7,10H,2-4,6H2,1H3. The van der Waals surface area contributed by atoms with Crippen molar-refractivity contribution in [3.8, 4) is 0 Å². The maximum Gasteiger partial charge on any atom is 0.0682 e. The lowest BCUT2D eigenvalue weighted by atomic mass is 10.1. The number of nitrogens with zero attached hydrogens (tertiary/aromatic N) is 3. The molecule has 76 valence electrons. The van der Waals surface area contributed by atoms with Crippen LogP contribution in [0, 0.1) is 0 Å². The van der Waals surface area contributed by atoms with Crippen molar-refractivity contribution in [3.05, 3.63) is 23.0 Å². The molecule has 1 aromatic heterocycles. The lowest BCUT2D eigenvalue weighted by Crippen LogP contribution is -2.27. The third-order valence-electron chi connectivity index (χ3n) is 2.79. The second-order valence-electron chi connectivity index (χ2n) is 3.85. The van der Waals surface area contributed by atoms with E-state index in [1.807, 2.05) is 6.07 Å². The molecule has 2 heterocycles. The average Bonchev–Trinajstić information content (AvgIpc) is 2.52. The lowest BCUT2D eigenvalue weighted by Gasteiger charge is -2.18. The fourth-order valence-electron chi connectivity index (χ4n) is 1.96. The number of aromatic nitrogens is 2. The number of hydrogen-bond donors (Lipinski definition) is 0. The number of halogens is 1. The van der Waals surface area contributed by atoms with Crippen LogP contribution in [-0.2, 0) is 6.42 Å². The molecular weight excluding hydrogens is 198 g/mol. The molecule has 2 rings (SSSR count). The third kappa shape index (κ3) is 2.22. The third-order valence-corrected chi connectivity index (χ3v) is 2.99. The van der Waals surface area contributed by atoms with E-state index in [-0.39, 0.29) is 0 Å². The lowest BCUT2D eigenvalue weighted by molar-refractivity contribution is 0.307. The van der Waals surface area contributed by atoms with Crippen LogP contribution in [0.1, 0.15) is 18.5 Å². The highest BCUT2D eigenvalue weighted by Crippen LogP contribution is 2.19. The first-order chi connectivity index (χ1) is 6.75. The summed E-state index contributed by atoms with van der Waals surface area (Å²) in [5.41, 5.74) is 0.997. The molecule has 1 aliphatic heterocycles. The molecule has 0 aliphatic carbocycles. The van der Waals surface area contributed by atoms with E-state index >= 15 is 0 Å². The summed E-state index contributed by atoms with van der Waals surface area (Å²) in [6.07, 6.45) is 5.08. The Kier molecular flexibility index (Phi) is 2.99. The monoisotopic (exact) mass is 211 g/mol. The second kappa shape index (κ2) is 4.24. The van der Waals surface area contributed by atoms with Crippen molar-refractivity contribution in [1.29, 1.82) is 0 Å². The van der Waals surface area contributed by atoms with Gasteiger partial charge >= 0.3 is 0 Å². The van der Waals surface area contributed by atoms with Crippen LogP contribution < -0.4 is 0 Å². The smallest absolute Gasteiger partial charge is 0.0682 e. The summed E-state index contributed by atoms with van der Waals surface area (Å²) >= 11 is 5.85. The van der Waals surface area contributed by atoms with Gasteiger partial charge < -0.3 is 4.90 Å². The van der Waals surface area contributed by atoms with Crippen molar-refractivity contribution in [2.24, 2.45) is 0 Å². The Morgan fingerprint density at radius 3 is 3.14 bits per heavy atom. The molecule has 0 spiro atoms. The van der Waals surface area contributed by atoms with Crippen LogP contribution in [0.2, 0.25) is 5.02 Å². The van der Waals surface area contributed by atoms with Crippen LogP contribution in [-0.4, -0.2) is 34.7 Å². The van der Waals surface area contributed by atoms with Gasteiger partial charge in [-0.15, -0.1) is 0 Å². The van der Waals surface area contributed by atoms with Crippen LogP contribution >= 0.6 is 11.6 Å². The Morgan fingerprint density at radius 2 is 2.50 bits per heavy atom. The van der Waals surface area contributed by atoms with E-state index in [2.05, 4.69) is 22.1 Å². The molecule has 1 atom stereocenters. The van der Waals surface area contributed by atoms with Gasteiger partial charge in [0.1, 0.15) is 0 Å². The molecule has 0 amide bonds. The highest BCUT2D eigenvalue weighted by Gasteiger charge is 2.21. The van der Waals surface area contributed by atoms with Crippen LogP contribution in [0.25, 0.3) is 0 Å². The first-order valence-electron chi connectivity index (χ1n) is 4.93. The Hall–Kier alpha value is -0.670. The first-order valence-corrected chi connectivity index (χ1v) is 5.31. The van der Waals surface area contributed by atoms with E-state index in [0.717, 1.165) is 12.1 Å². The number of hydrogen-bond acceptors (Lipinski definition) is 3. The second-order valence-corrected chi connectivity index (χ2v) is 4.28. The van der Waals surface area contributed by atoms with Crippen molar-refractivity contribution >= 4 is 11.6 Å². The van der Waals surface area contributed by atoms with Gasteiger partial charge in [-0.3, -0.25) is 0 Å². The highest BCUT2D eigenvalue weighted by atomic mass is 35.5. The van der Waals surface area contributed by atoms with Crippen molar-refractivity contribution in [3.63, 3.8) is 0 Å². The molecule has 0 N–H and O–H groups in total. The molecule has 0 saturated carbocycles. The Labute approximate surface area is 89.1 Å². The minimum atomic E-state index is 0.614. The first kappa shape index (κ1) is 9.87. The molecule has 1 saturated heterocycles. The van der Waals surface area contributed by atoms with Gasteiger partial charge in [0.15, 0.2) is 0 Å². The number of rotatable bonds is 2. The van der Waals surface area contributed by atoms with Gasteiger partial charge in [-0.05, 0) is 32.5 Å². The molecule has 1 unspecified atom stereocenters. The SMILES string of the molecule is CN1CCCC1Cc1cc(Cl)cnn1. The normalized spacial score (nSPS) is 22.9. The number of likely N-dealkylation sites (N-methyl/N-ethyl adjacent to an activating group) is 1. The average molecular weight is 212 g/mol. The molecule has 1 fully saturated rings. The summed E-state index contributed by atoms with van der Waals surface area (Å²) in [7, 11) is 2.16. The summed E-state index contributed by atoms with van der Waals surface area (Å²) < 4.78 is 0. The fourth-order valence-corrected chi connectivity index (χ4v) is 2.13. The van der Waals surface area contributed by atoms with Gasteiger partial charge in [-0.2, -0.15) is 10.2 Å².